The zero-order valence-electron chi connectivity index (χ0n) is 9.27. The van der Waals surface area contributed by atoms with Gasteiger partial charge in [-0.05, 0) is 0 Å². The quantitative estimate of drug-likeness (QED) is 0.625. The van der Waals surface area contributed by atoms with E-state index in [1.807, 2.05) is 0 Å². The Bertz CT molecular complexity index is 188. The van der Waals surface area contributed by atoms with Gasteiger partial charge in [0.25, 0.3) is 0 Å². The predicted octanol–water partition coefficient (Wildman–Crippen LogP) is 1.92. The van der Waals surface area contributed by atoms with Crippen molar-refractivity contribution in [2.24, 2.45) is 17.8 Å². The van der Waals surface area contributed by atoms with Gasteiger partial charge in [-0.2, -0.15) is 0 Å². The molecule has 1 saturated carbocycles. The molecule has 1 fully saturated rings. The van der Waals surface area contributed by atoms with Crippen LogP contribution in [0.25, 0.3) is 0 Å². The molecule has 1 aliphatic rings. The Labute approximate surface area is 86.7 Å². The molecular weight excluding hydrogens is 199 g/mol. The van der Waals surface area contributed by atoms with E-state index in [1.54, 1.807) is 0 Å². The van der Waals surface area contributed by atoms with Crippen molar-refractivity contribution in [3.05, 3.63) is 0 Å². The van der Waals surface area contributed by atoms with Crippen LogP contribution in [0.4, 0.5) is 0 Å². The molecule has 0 saturated heterocycles. The zero-order valence-corrected chi connectivity index (χ0v) is 10.3. The molecule has 4 heteroatoms. The molecule has 14 heavy (non-hydrogen) atoms. The third kappa shape index (κ3) is 2.90. The van der Waals surface area contributed by atoms with Crippen LogP contribution in [0.2, 0.25) is 0 Å². The molecule has 0 aromatic heterocycles. The fourth-order valence-corrected chi connectivity index (χ4v) is 4.49. The molecule has 0 aliphatic heterocycles. The van der Waals surface area contributed by atoms with Crippen molar-refractivity contribution in [2.75, 3.05) is 0 Å². The van der Waals surface area contributed by atoms with Crippen LogP contribution in [0.15, 0.2) is 0 Å². The first kappa shape index (κ1) is 12.4. The Balaban J connectivity index is 2.74. The van der Waals surface area contributed by atoms with Crippen LogP contribution in [-0.2, 0) is 0 Å². The summed E-state index contributed by atoms with van der Waals surface area (Å²) in [5.74, 6) is 1.21. The molecule has 3 unspecified atom stereocenters. The molecule has 3 N–H and O–H groups in total. The second-order valence-corrected chi connectivity index (χ2v) is 7.24. The number of rotatable bonds is 2. The van der Waals surface area contributed by atoms with Crippen molar-refractivity contribution in [1.29, 1.82) is 0 Å². The van der Waals surface area contributed by atoms with Crippen LogP contribution in [-0.4, -0.2) is 20.3 Å². The van der Waals surface area contributed by atoms with Gasteiger partial charge in [0.05, 0.1) is 0 Å². The van der Waals surface area contributed by atoms with Crippen LogP contribution in [0.1, 0.15) is 40.0 Å². The number of hydrogen-bond acceptors (Lipinski definition) is 3. The first-order chi connectivity index (χ1) is 6.32. The topological polar surface area (TPSA) is 60.7 Å². The average Bonchev–Trinajstić information content (AvgIpc) is 2.01. The summed E-state index contributed by atoms with van der Waals surface area (Å²) in [6.45, 7) is 6.30. The Morgan fingerprint density at radius 1 is 1.14 bits per heavy atom. The molecule has 0 radical (unpaired) electrons. The van der Waals surface area contributed by atoms with E-state index in [1.165, 1.54) is 0 Å². The van der Waals surface area contributed by atoms with Crippen molar-refractivity contribution >= 4 is 7.94 Å². The minimum absolute atomic E-state index is 0.258. The fraction of sp³-hybridized carbons (Fsp3) is 1.00. The van der Waals surface area contributed by atoms with Gasteiger partial charge in [-0.1, -0.05) is 0 Å². The summed E-state index contributed by atoms with van der Waals surface area (Å²) in [7, 11) is -3.92. The van der Waals surface area contributed by atoms with Gasteiger partial charge >= 0.3 is 86.1 Å². The molecule has 0 spiro atoms. The molecule has 0 aromatic rings. The third-order valence-corrected chi connectivity index (χ3v) is 5.18. The second kappa shape index (κ2) is 4.44. The van der Waals surface area contributed by atoms with Crippen molar-refractivity contribution in [3.8, 4) is 0 Å². The van der Waals surface area contributed by atoms with Crippen molar-refractivity contribution in [3.63, 3.8) is 0 Å². The molecule has 0 bridgehead atoms. The van der Waals surface area contributed by atoms with Crippen LogP contribution >= 0.6 is 7.94 Å². The number of hydrogen-bond donors (Lipinski definition) is 3. The van der Waals surface area contributed by atoms with Crippen LogP contribution < -0.4 is 0 Å². The summed E-state index contributed by atoms with van der Waals surface area (Å²) in [4.78, 5) is 28.3. The summed E-state index contributed by atoms with van der Waals surface area (Å²) in [5.41, 5.74) is -0.258. The van der Waals surface area contributed by atoms with E-state index in [0.717, 1.165) is 19.3 Å². The Hall–Kier alpha value is 0.310. The molecular formula is C10H23O3P. The molecule has 1 rings (SSSR count). The van der Waals surface area contributed by atoms with Gasteiger partial charge in [0.1, 0.15) is 0 Å². The van der Waals surface area contributed by atoms with Crippen molar-refractivity contribution < 1.29 is 14.7 Å². The summed E-state index contributed by atoms with van der Waals surface area (Å²) < 4.78 is 0. The molecule has 86 valence electrons. The molecule has 1 aliphatic carbocycles. The second-order valence-electron chi connectivity index (χ2n) is 5.12. The van der Waals surface area contributed by atoms with Crippen LogP contribution in [0, 0.1) is 17.8 Å². The average molecular weight is 222 g/mol. The monoisotopic (exact) mass is 222 g/mol. The van der Waals surface area contributed by atoms with E-state index in [-0.39, 0.29) is 11.6 Å². The SMILES string of the molecule is CC1CCC(C(C)C)C([PH](O)(O)O)C1. The zero-order chi connectivity index (χ0) is 10.9. The minimum atomic E-state index is -3.92. The van der Waals surface area contributed by atoms with E-state index < -0.39 is 7.94 Å². The normalized spacial score (nSPS) is 36.1. The summed E-state index contributed by atoms with van der Waals surface area (Å²) in [6.07, 6.45) is 2.92. The van der Waals surface area contributed by atoms with Crippen molar-refractivity contribution in [1.82, 2.24) is 0 Å². The summed E-state index contributed by atoms with van der Waals surface area (Å²) in [6, 6.07) is 0. The van der Waals surface area contributed by atoms with E-state index in [0.29, 0.717) is 11.8 Å². The van der Waals surface area contributed by atoms with Crippen LogP contribution in [0.5, 0.6) is 0 Å². The van der Waals surface area contributed by atoms with E-state index in [9.17, 15) is 14.7 Å². The van der Waals surface area contributed by atoms with E-state index in [2.05, 4.69) is 20.8 Å². The van der Waals surface area contributed by atoms with Gasteiger partial charge in [-0.15, -0.1) is 0 Å². The molecule has 0 amide bonds. The maximum atomic E-state index is 9.43. The standard InChI is InChI=1S/C10H23O3P/c1-7(2)9-5-4-8(3)6-10(9)14(11,12)13/h7-14H,4-6H2,1-3H3. The van der Waals surface area contributed by atoms with E-state index in [4.69, 9.17) is 0 Å². The molecule has 3 nitrogen and oxygen atoms in total. The van der Waals surface area contributed by atoms with E-state index >= 15 is 0 Å². The van der Waals surface area contributed by atoms with Gasteiger partial charge in [-0.25, -0.2) is 0 Å². The van der Waals surface area contributed by atoms with Gasteiger partial charge in [0.2, 0.25) is 0 Å². The molecule has 3 atom stereocenters. The van der Waals surface area contributed by atoms with Gasteiger partial charge in [0, 0.05) is 0 Å². The summed E-state index contributed by atoms with van der Waals surface area (Å²) >= 11 is 0. The first-order valence-corrected chi connectivity index (χ1v) is 7.41. The molecule has 0 aromatic carbocycles. The van der Waals surface area contributed by atoms with Gasteiger partial charge in [-0.3, -0.25) is 0 Å². The van der Waals surface area contributed by atoms with Crippen LogP contribution in [0.3, 0.4) is 0 Å². The molecule has 0 heterocycles. The van der Waals surface area contributed by atoms with Crippen molar-refractivity contribution in [2.45, 2.75) is 45.7 Å². The maximum absolute atomic E-state index is 9.43. The van der Waals surface area contributed by atoms with Gasteiger partial charge < -0.3 is 0 Å². The Kier molecular flexibility index (Phi) is 3.93. The fourth-order valence-electron chi connectivity index (χ4n) is 2.65. The Morgan fingerprint density at radius 3 is 2.14 bits per heavy atom. The summed E-state index contributed by atoms with van der Waals surface area (Å²) in [5, 5.41) is 0. The third-order valence-electron chi connectivity index (χ3n) is 3.52. The predicted molar refractivity (Wildman–Crippen MR) is 60.1 cm³/mol. The first-order valence-electron chi connectivity index (χ1n) is 5.49. The van der Waals surface area contributed by atoms with Gasteiger partial charge in [0.15, 0.2) is 0 Å². The Morgan fingerprint density at radius 2 is 1.71 bits per heavy atom.